The number of rotatable bonds is 4. The van der Waals surface area contributed by atoms with Crippen molar-refractivity contribution in [1.82, 2.24) is 15.7 Å². The highest BCUT2D eigenvalue weighted by atomic mass is 32.2. The largest absolute Gasteiger partial charge is 0.272 e. The van der Waals surface area contributed by atoms with Gasteiger partial charge in [0.15, 0.2) is 5.84 Å². The first-order chi connectivity index (χ1) is 14.7. The number of nitrogens with one attached hydrogen (secondary N) is 1. The zero-order valence-corrected chi connectivity index (χ0v) is 17.6. The van der Waals surface area contributed by atoms with Crippen LogP contribution in [-0.2, 0) is 4.84 Å². The van der Waals surface area contributed by atoms with Crippen LogP contribution < -0.4 is 5.48 Å². The highest BCUT2D eigenvalue weighted by Gasteiger charge is 2.24. The summed E-state index contributed by atoms with van der Waals surface area (Å²) in [5.41, 5.74) is 4.53. The lowest BCUT2D eigenvalue weighted by molar-refractivity contribution is 0.0628. The Kier molecular flexibility index (Phi) is 5.20. The van der Waals surface area contributed by atoms with E-state index in [-0.39, 0.29) is 11.9 Å². The van der Waals surface area contributed by atoms with E-state index in [9.17, 15) is 4.39 Å². The van der Waals surface area contributed by atoms with Crippen LogP contribution in [0.15, 0.2) is 75.6 Å². The van der Waals surface area contributed by atoms with Gasteiger partial charge in [0.1, 0.15) is 23.5 Å². The predicted octanol–water partition coefficient (Wildman–Crippen LogP) is 5.31. The van der Waals surface area contributed by atoms with Gasteiger partial charge in [-0.15, -0.1) is 21.5 Å². The predicted molar refractivity (Wildman–Crippen MR) is 117 cm³/mol. The van der Waals surface area contributed by atoms with Gasteiger partial charge in [-0.1, -0.05) is 36.0 Å². The molecule has 1 N–H and O–H groups in total. The Balaban J connectivity index is 1.63. The molecular formula is C22H17FN4OS2. The lowest BCUT2D eigenvalue weighted by Gasteiger charge is -2.22. The van der Waals surface area contributed by atoms with Gasteiger partial charge < -0.3 is 0 Å². The molecule has 0 radical (unpaired) electrons. The van der Waals surface area contributed by atoms with Crippen molar-refractivity contribution in [3.8, 4) is 0 Å². The summed E-state index contributed by atoms with van der Waals surface area (Å²) in [5, 5.41) is 10.3. The molecular weight excluding hydrogens is 419 g/mol. The zero-order chi connectivity index (χ0) is 20.5. The quantitative estimate of drug-likeness (QED) is 0.470. The first kappa shape index (κ1) is 19.2. The topological polar surface area (TPSA) is 59.4 Å². The van der Waals surface area contributed by atoms with E-state index >= 15 is 0 Å². The summed E-state index contributed by atoms with van der Waals surface area (Å²) in [7, 11) is 0. The Morgan fingerprint density at radius 1 is 1.10 bits per heavy atom. The second-order valence-corrected chi connectivity index (χ2v) is 9.19. The summed E-state index contributed by atoms with van der Waals surface area (Å²) >= 11 is 3.06. The monoisotopic (exact) mass is 436 g/mol. The average molecular weight is 437 g/mol. The van der Waals surface area contributed by atoms with Crippen molar-refractivity contribution in [2.24, 2.45) is 4.99 Å². The van der Waals surface area contributed by atoms with Crippen LogP contribution in [0.4, 0.5) is 4.39 Å². The van der Waals surface area contributed by atoms with E-state index in [1.54, 1.807) is 17.4 Å². The fourth-order valence-corrected chi connectivity index (χ4v) is 5.11. The highest BCUT2D eigenvalue weighted by molar-refractivity contribution is 7.99. The molecule has 0 fully saturated rings. The number of nitrogens with zero attached hydrogens (tertiary/aromatic N) is 3. The first-order valence-corrected chi connectivity index (χ1v) is 11.0. The average Bonchev–Trinajstić information content (AvgIpc) is 3.20. The Morgan fingerprint density at radius 3 is 2.83 bits per heavy atom. The number of thiophene rings is 1. The molecule has 1 aliphatic rings. The smallest absolute Gasteiger partial charge is 0.156 e. The fraction of sp³-hybridized carbons (Fsp3) is 0.136. The van der Waals surface area contributed by atoms with Crippen LogP contribution in [0, 0.1) is 12.7 Å². The van der Waals surface area contributed by atoms with E-state index in [1.165, 1.54) is 28.8 Å². The van der Waals surface area contributed by atoms with Gasteiger partial charge in [0.25, 0.3) is 0 Å². The molecule has 8 heteroatoms. The fourth-order valence-electron chi connectivity index (χ4n) is 3.28. The van der Waals surface area contributed by atoms with Crippen LogP contribution in [0.1, 0.15) is 21.4 Å². The summed E-state index contributed by atoms with van der Waals surface area (Å²) in [6, 6.07) is 18.3. The number of aryl methyl sites for hydroxylation is 1. The number of hydroxylamine groups is 1. The molecule has 0 unspecified atom stereocenters. The molecule has 30 heavy (non-hydrogen) atoms. The van der Waals surface area contributed by atoms with Gasteiger partial charge in [0, 0.05) is 20.0 Å². The summed E-state index contributed by atoms with van der Waals surface area (Å²) in [6.45, 7) is 2.53. The number of hydrogen-bond donors (Lipinski definition) is 1. The number of hydrogen-bond acceptors (Lipinski definition) is 7. The summed E-state index contributed by atoms with van der Waals surface area (Å²) in [4.78, 5) is 13.8. The first-order valence-electron chi connectivity index (χ1n) is 9.38. The number of aromatic nitrogens is 2. The third kappa shape index (κ3) is 3.81. The van der Waals surface area contributed by atoms with Crippen molar-refractivity contribution >= 4 is 39.8 Å². The zero-order valence-electron chi connectivity index (χ0n) is 16.0. The molecule has 0 aliphatic carbocycles. The maximum Gasteiger partial charge on any atom is 0.156 e. The van der Waals surface area contributed by atoms with Crippen molar-refractivity contribution in [1.29, 1.82) is 0 Å². The summed E-state index contributed by atoms with van der Waals surface area (Å²) in [6.07, 6.45) is 0. The number of aliphatic imine (C=N–C) groups is 1. The van der Waals surface area contributed by atoms with Crippen LogP contribution in [-0.4, -0.2) is 22.6 Å². The van der Waals surface area contributed by atoms with Crippen molar-refractivity contribution in [2.75, 3.05) is 6.61 Å². The van der Waals surface area contributed by atoms with E-state index in [4.69, 9.17) is 9.83 Å². The van der Waals surface area contributed by atoms with Crippen LogP contribution in [0.3, 0.4) is 0 Å². The van der Waals surface area contributed by atoms with Gasteiger partial charge in [-0.2, -0.15) is 0 Å². The molecule has 2 aromatic heterocycles. The van der Waals surface area contributed by atoms with Crippen molar-refractivity contribution in [2.45, 2.75) is 22.9 Å². The van der Waals surface area contributed by atoms with Crippen molar-refractivity contribution < 1.29 is 9.23 Å². The molecule has 0 bridgehead atoms. The van der Waals surface area contributed by atoms with Crippen molar-refractivity contribution in [3.05, 3.63) is 81.8 Å². The molecule has 1 atom stereocenters. The van der Waals surface area contributed by atoms with Crippen LogP contribution >= 0.6 is 23.1 Å². The lowest BCUT2D eigenvalue weighted by Crippen LogP contribution is -2.33. The molecule has 5 rings (SSSR count). The maximum atomic E-state index is 13.7. The Bertz CT molecular complexity index is 1260. The van der Waals surface area contributed by atoms with Crippen LogP contribution in [0.25, 0.3) is 10.9 Å². The van der Waals surface area contributed by atoms with Gasteiger partial charge in [-0.3, -0.25) is 9.83 Å². The molecule has 0 saturated carbocycles. The van der Waals surface area contributed by atoms with Crippen LogP contribution in [0.5, 0.6) is 0 Å². The normalized spacial score (nSPS) is 16.3. The van der Waals surface area contributed by atoms with Gasteiger partial charge in [0.05, 0.1) is 11.1 Å². The Labute approximate surface area is 181 Å². The molecule has 0 amide bonds. The third-order valence-electron chi connectivity index (χ3n) is 4.67. The molecule has 150 valence electrons. The summed E-state index contributed by atoms with van der Waals surface area (Å²) < 4.78 is 13.7. The van der Waals surface area contributed by atoms with E-state index in [1.807, 2.05) is 30.3 Å². The molecule has 1 aliphatic heterocycles. The van der Waals surface area contributed by atoms with E-state index in [0.29, 0.717) is 17.5 Å². The minimum Gasteiger partial charge on any atom is -0.272 e. The van der Waals surface area contributed by atoms with Gasteiger partial charge >= 0.3 is 0 Å². The lowest BCUT2D eigenvalue weighted by atomic mass is 10.1. The standard InChI is InChI=1S/C22H17FN4OS2/c1-13-9-10-19(29-13)18-12-28-27-21(24-18)20-16-7-2-3-8-17(16)25-26-22(20)30-15-6-4-5-14(23)11-15/h2-11,18H,12H2,1H3,(H,24,27)/t18-/m1/s1. The molecule has 0 spiro atoms. The number of fused-ring (bicyclic) bond motifs is 1. The van der Waals surface area contributed by atoms with E-state index < -0.39 is 0 Å². The SMILES string of the molecule is Cc1ccc([C@H]2CONC(c3c(Sc4cccc(F)c4)nnc4ccccc34)=N2)s1. The van der Waals surface area contributed by atoms with Gasteiger partial charge in [-0.25, -0.2) is 9.87 Å². The third-order valence-corrected chi connectivity index (χ3v) is 6.74. The molecule has 4 aromatic rings. The number of halogens is 1. The van der Waals surface area contributed by atoms with Crippen molar-refractivity contribution in [3.63, 3.8) is 0 Å². The maximum absolute atomic E-state index is 13.7. The molecule has 0 saturated heterocycles. The number of amidine groups is 1. The second kappa shape index (κ2) is 8.14. The Hall–Kier alpha value is -2.81. The van der Waals surface area contributed by atoms with Gasteiger partial charge in [0.2, 0.25) is 0 Å². The van der Waals surface area contributed by atoms with Crippen LogP contribution in [0.2, 0.25) is 0 Å². The minimum atomic E-state index is -0.292. The Morgan fingerprint density at radius 2 is 2.00 bits per heavy atom. The number of benzene rings is 2. The molecule has 5 nitrogen and oxygen atoms in total. The van der Waals surface area contributed by atoms with E-state index in [0.717, 1.165) is 26.2 Å². The van der Waals surface area contributed by atoms with Gasteiger partial charge in [-0.05, 0) is 43.3 Å². The second-order valence-electron chi connectivity index (χ2n) is 6.81. The minimum absolute atomic E-state index is 0.0982. The highest BCUT2D eigenvalue weighted by Crippen LogP contribution is 2.34. The molecule has 3 heterocycles. The summed E-state index contributed by atoms with van der Waals surface area (Å²) in [5.74, 6) is 0.308. The van der Waals surface area contributed by atoms with E-state index in [2.05, 4.69) is 34.7 Å². The molecule has 2 aromatic carbocycles.